The van der Waals surface area contributed by atoms with Crippen LogP contribution in [0.2, 0.25) is 0 Å². The van der Waals surface area contributed by atoms with Gasteiger partial charge in [-0.25, -0.2) is 0 Å². The number of aromatic nitrogens is 1. The third kappa shape index (κ3) is 3.30. The number of rotatable bonds is 5. The third-order valence-electron chi connectivity index (χ3n) is 4.63. The molecule has 1 aromatic heterocycles. The molecule has 3 rings (SSSR count). The molecule has 5 nitrogen and oxygen atoms in total. The van der Waals surface area contributed by atoms with Gasteiger partial charge < -0.3 is 15.0 Å². The van der Waals surface area contributed by atoms with Gasteiger partial charge in [0, 0.05) is 29.1 Å². The van der Waals surface area contributed by atoms with Gasteiger partial charge in [0.2, 0.25) is 5.91 Å². The van der Waals surface area contributed by atoms with Crippen molar-refractivity contribution in [2.75, 3.05) is 0 Å². The Morgan fingerprint density at radius 2 is 2.08 bits per heavy atom. The highest BCUT2D eigenvalue weighted by Gasteiger charge is 2.26. The summed E-state index contributed by atoms with van der Waals surface area (Å²) in [6.45, 7) is 4.07. The van der Waals surface area contributed by atoms with E-state index in [1.54, 1.807) is 0 Å². The first-order valence-electron chi connectivity index (χ1n) is 8.55. The zero-order valence-corrected chi connectivity index (χ0v) is 14.2. The summed E-state index contributed by atoms with van der Waals surface area (Å²) in [7, 11) is 0. The third-order valence-corrected chi connectivity index (χ3v) is 4.63. The Balaban J connectivity index is 1.88. The van der Waals surface area contributed by atoms with Crippen molar-refractivity contribution in [3.8, 4) is 0 Å². The van der Waals surface area contributed by atoms with Crippen molar-refractivity contribution < 1.29 is 14.7 Å². The Labute approximate surface area is 141 Å². The van der Waals surface area contributed by atoms with E-state index in [1.165, 1.54) is 5.56 Å². The first kappa shape index (κ1) is 16.6. The topological polar surface area (TPSA) is 71.3 Å². The molecule has 2 aromatic rings. The van der Waals surface area contributed by atoms with Crippen LogP contribution < -0.4 is 5.32 Å². The number of nitrogens with zero attached hydrogens (tertiary/aromatic N) is 1. The molecule has 0 spiro atoms. The first-order valence-corrected chi connectivity index (χ1v) is 8.55. The van der Waals surface area contributed by atoms with Gasteiger partial charge in [0.25, 0.3) is 0 Å². The Bertz CT molecular complexity index is 776. The lowest BCUT2D eigenvalue weighted by molar-refractivity contribution is -0.137. The molecule has 128 valence electrons. The van der Waals surface area contributed by atoms with Crippen LogP contribution in [0.5, 0.6) is 0 Å². The van der Waals surface area contributed by atoms with E-state index >= 15 is 0 Å². The van der Waals surface area contributed by atoms with Gasteiger partial charge in [0.15, 0.2) is 0 Å². The van der Waals surface area contributed by atoms with E-state index in [0.717, 1.165) is 35.9 Å². The molecule has 0 saturated carbocycles. The Kier molecular flexibility index (Phi) is 4.60. The molecule has 1 aromatic carbocycles. The molecular weight excluding hydrogens is 304 g/mol. The van der Waals surface area contributed by atoms with Gasteiger partial charge in [0.1, 0.15) is 6.54 Å². The summed E-state index contributed by atoms with van der Waals surface area (Å²) in [6, 6.07) is 8.07. The molecule has 1 atom stereocenters. The zero-order valence-electron chi connectivity index (χ0n) is 14.2. The lowest BCUT2D eigenvalue weighted by Crippen LogP contribution is -2.39. The molecule has 1 amide bonds. The number of carboxylic acids is 1. The van der Waals surface area contributed by atoms with Gasteiger partial charge >= 0.3 is 5.97 Å². The van der Waals surface area contributed by atoms with Crippen LogP contribution in [-0.4, -0.2) is 27.6 Å². The molecular formula is C19H24N2O3. The van der Waals surface area contributed by atoms with Crippen LogP contribution in [0.15, 0.2) is 24.3 Å². The number of hydrogen-bond donors (Lipinski definition) is 2. The van der Waals surface area contributed by atoms with Crippen molar-refractivity contribution in [2.24, 2.45) is 5.92 Å². The highest BCUT2D eigenvalue weighted by Crippen LogP contribution is 2.32. The minimum absolute atomic E-state index is 0.0137. The van der Waals surface area contributed by atoms with Crippen LogP contribution in [0.25, 0.3) is 10.9 Å². The average molecular weight is 328 g/mol. The summed E-state index contributed by atoms with van der Waals surface area (Å²) in [5.74, 6) is -0.375. The van der Waals surface area contributed by atoms with Crippen LogP contribution in [0.4, 0.5) is 0 Å². The van der Waals surface area contributed by atoms with E-state index < -0.39 is 5.97 Å². The van der Waals surface area contributed by atoms with Crippen molar-refractivity contribution in [3.63, 3.8) is 0 Å². The van der Waals surface area contributed by atoms with Gasteiger partial charge in [-0.05, 0) is 36.8 Å². The number of amides is 1. The first-order chi connectivity index (χ1) is 11.5. The van der Waals surface area contributed by atoms with Gasteiger partial charge in [-0.15, -0.1) is 0 Å². The minimum Gasteiger partial charge on any atom is -0.480 e. The normalized spacial score (nSPS) is 17.0. The number of hydrogen-bond acceptors (Lipinski definition) is 2. The number of carbonyl (C=O) groups is 2. The summed E-state index contributed by atoms with van der Waals surface area (Å²) in [5.41, 5.74) is 3.26. The maximum atomic E-state index is 12.1. The number of fused-ring (bicyclic) bond motifs is 3. The quantitative estimate of drug-likeness (QED) is 0.886. The van der Waals surface area contributed by atoms with Crippen molar-refractivity contribution in [3.05, 3.63) is 35.5 Å². The molecule has 0 bridgehead atoms. The summed E-state index contributed by atoms with van der Waals surface area (Å²) < 4.78 is 1.92. The fourth-order valence-corrected chi connectivity index (χ4v) is 3.70. The van der Waals surface area contributed by atoms with Gasteiger partial charge in [-0.2, -0.15) is 0 Å². The summed E-state index contributed by atoms with van der Waals surface area (Å²) in [5, 5.41) is 13.5. The number of carbonyl (C=O) groups excluding carboxylic acids is 1. The number of nitrogens with one attached hydrogen (secondary N) is 1. The number of carboxylic acid groups (broad SMARTS) is 1. The second-order valence-corrected chi connectivity index (χ2v) is 7.03. The van der Waals surface area contributed by atoms with Crippen LogP contribution in [0.3, 0.4) is 0 Å². The van der Waals surface area contributed by atoms with Crippen LogP contribution >= 0.6 is 0 Å². The Hall–Kier alpha value is -2.30. The fraction of sp³-hybridized carbons (Fsp3) is 0.474. The standard InChI is InChI=1S/C19H24N2O3/c1-12(2)9-18(22)20-13-7-8-17-15(10-13)14-5-3-4-6-16(14)21(17)11-19(23)24/h3-6,12-13H,7-11H2,1-2H3,(H,20,22)(H,23,24). The van der Waals surface area contributed by atoms with E-state index in [-0.39, 0.29) is 18.5 Å². The maximum Gasteiger partial charge on any atom is 0.323 e. The highest BCUT2D eigenvalue weighted by atomic mass is 16.4. The van der Waals surface area contributed by atoms with Gasteiger partial charge in [-0.3, -0.25) is 9.59 Å². The van der Waals surface area contributed by atoms with Crippen molar-refractivity contribution >= 4 is 22.8 Å². The number of benzene rings is 1. The zero-order chi connectivity index (χ0) is 17.3. The van der Waals surface area contributed by atoms with Crippen molar-refractivity contribution in [1.29, 1.82) is 0 Å². The number of aliphatic carboxylic acids is 1. The SMILES string of the molecule is CC(C)CC(=O)NC1CCc2c(c3ccccc3n2CC(=O)O)C1. The fourth-order valence-electron chi connectivity index (χ4n) is 3.70. The van der Waals surface area contributed by atoms with Crippen molar-refractivity contribution in [2.45, 2.75) is 52.1 Å². The van der Waals surface area contributed by atoms with E-state index in [4.69, 9.17) is 0 Å². The molecule has 0 radical (unpaired) electrons. The molecule has 1 heterocycles. The minimum atomic E-state index is -0.828. The molecule has 24 heavy (non-hydrogen) atoms. The second kappa shape index (κ2) is 6.67. The summed E-state index contributed by atoms with van der Waals surface area (Å²) in [4.78, 5) is 23.3. The van der Waals surface area contributed by atoms with E-state index in [0.29, 0.717) is 12.3 Å². The predicted molar refractivity (Wildman–Crippen MR) is 93.0 cm³/mol. The van der Waals surface area contributed by atoms with Crippen LogP contribution in [-0.2, 0) is 29.0 Å². The summed E-state index contributed by atoms with van der Waals surface area (Å²) in [6.07, 6.45) is 2.97. The van der Waals surface area contributed by atoms with E-state index in [1.807, 2.05) is 42.7 Å². The van der Waals surface area contributed by atoms with E-state index in [2.05, 4.69) is 5.32 Å². The van der Waals surface area contributed by atoms with Crippen LogP contribution in [0, 0.1) is 5.92 Å². The molecule has 1 aliphatic carbocycles. The second-order valence-electron chi connectivity index (χ2n) is 7.03. The Morgan fingerprint density at radius 1 is 1.33 bits per heavy atom. The monoisotopic (exact) mass is 328 g/mol. The summed E-state index contributed by atoms with van der Waals surface area (Å²) >= 11 is 0. The van der Waals surface area contributed by atoms with E-state index in [9.17, 15) is 14.7 Å². The molecule has 0 fully saturated rings. The smallest absolute Gasteiger partial charge is 0.323 e. The molecule has 0 saturated heterocycles. The number of para-hydroxylation sites is 1. The predicted octanol–water partition coefficient (Wildman–Crippen LogP) is 2.75. The average Bonchev–Trinajstić information content (AvgIpc) is 2.80. The largest absolute Gasteiger partial charge is 0.480 e. The lowest BCUT2D eigenvalue weighted by atomic mass is 9.91. The molecule has 1 unspecified atom stereocenters. The molecule has 5 heteroatoms. The molecule has 0 aliphatic heterocycles. The lowest BCUT2D eigenvalue weighted by Gasteiger charge is -2.25. The molecule has 1 aliphatic rings. The molecule has 2 N–H and O–H groups in total. The van der Waals surface area contributed by atoms with Gasteiger partial charge in [0.05, 0.1) is 0 Å². The van der Waals surface area contributed by atoms with Crippen molar-refractivity contribution in [1.82, 2.24) is 9.88 Å². The Morgan fingerprint density at radius 3 is 2.79 bits per heavy atom. The maximum absolute atomic E-state index is 12.1. The highest BCUT2D eigenvalue weighted by molar-refractivity contribution is 5.87. The van der Waals surface area contributed by atoms with Crippen LogP contribution in [0.1, 0.15) is 37.9 Å². The van der Waals surface area contributed by atoms with Gasteiger partial charge in [-0.1, -0.05) is 32.0 Å².